The van der Waals surface area contributed by atoms with Gasteiger partial charge in [-0.3, -0.25) is 9.59 Å². The summed E-state index contributed by atoms with van der Waals surface area (Å²) in [7, 11) is 1.34. The third kappa shape index (κ3) is 6.17. The summed E-state index contributed by atoms with van der Waals surface area (Å²) in [5, 5.41) is 2.68. The molecule has 0 spiro atoms. The molecule has 0 saturated carbocycles. The molecule has 1 unspecified atom stereocenters. The minimum Gasteiger partial charge on any atom is -0.468 e. The first kappa shape index (κ1) is 13.7. The number of halogens is 1. The van der Waals surface area contributed by atoms with E-state index in [1.807, 2.05) is 36.4 Å². The van der Waals surface area contributed by atoms with Crippen LogP contribution in [0, 0.1) is 5.92 Å². The third-order valence-electron chi connectivity index (χ3n) is 1.53. The molecule has 1 atom stereocenters. The molecule has 0 bridgehead atoms. The summed E-state index contributed by atoms with van der Waals surface area (Å²) in [4.78, 5) is 22.2. The molecule has 0 aromatic heterocycles. The van der Waals surface area contributed by atoms with Crippen LogP contribution in [-0.2, 0) is 14.3 Å². The van der Waals surface area contributed by atoms with E-state index in [-0.39, 0.29) is 15.8 Å². The Hall–Kier alpha value is -0.330. The minimum atomic E-state index is -0.311. The molecule has 5 heteroatoms. The minimum absolute atomic E-state index is 0.0226. The summed E-state index contributed by atoms with van der Waals surface area (Å²) >= 11 is 1.95. The summed E-state index contributed by atoms with van der Waals surface area (Å²) in [6.45, 7) is 4.28. The van der Waals surface area contributed by atoms with E-state index in [1.165, 1.54) is 7.11 Å². The number of hydrogen-bond donors (Lipinski definition) is 1. The zero-order valence-electron chi connectivity index (χ0n) is 8.67. The molecular weight excluding hydrogens is 297 g/mol. The fourth-order valence-electron chi connectivity index (χ4n) is 0.858. The molecule has 0 aromatic carbocycles. The molecule has 0 heterocycles. The van der Waals surface area contributed by atoms with Crippen LogP contribution in [0.5, 0.6) is 0 Å². The van der Waals surface area contributed by atoms with Gasteiger partial charge < -0.3 is 10.1 Å². The first-order chi connectivity index (χ1) is 6.47. The van der Waals surface area contributed by atoms with Gasteiger partial charge in [-0.05, 0) is 5.92 Å². The van der Waals surface area contributed by atoms with Crippen molar-refractivity contribution in [2.75, 3.05) is 13.7 Å². The van der Waals surface area contributed by atoms with E-state index in [9.17, 15) is 9.59 Å². The van der Waals surface area contributed by atoms with Crippen molar-refractivity contribution < 1.29 is 14.3 Å². The first-order valence-corrected chi connectivity index (χ1v) is 5.70. The van der Waals surface area contributed by atoms with Crippen molar-refractivity contribution in [3.63, 3.8) is 0 Å². The summed E-state index contributed by atoms with van der Waals surface area (Å²) in [5.41, 5.74) is 0. The first-order valence-electron chi connectivity index (χ1n) is 4.46. The van der Waals surface area contributed by atoms with Crippen molar-refractivity contribution in [1.29, 1.82) is 0 Å². The van der Waals surface area contributed by atoms with Gasteiger partial charge in [0, 0.05) is 13.0 Å². The Balaban J connectivity index is 3.71. The molecule has 1 amide bonds. The zero-order valence-corrected chi connectivity index (χ0v) is 10.8. The lowest BCUT2D eigenvalue weighted by molar-refractivity contribution is -0.139. The number of carbonyl (C=O) groups excluding carboxylic acids is 2. The average molecular weight is 313 g/mol. The van der Waals surface area contributed by atoms with Gasteiger partial charge in [-0.1, -0.05) is 36.4 Å². The van der Waals surface area contributed by atoms with Crippen LogP contribution in [0.3, 0.4) is 0 Å². The lowest BCUT2D eigenvalue weighted by Crippen LogP contribution is -2.34. The molecule has 0 aliphatic carbocycles. The van der Waals surface area contributed by atoms with Crippen LogP contribution in [0.25, 0.3) is 0 Å². The molecule has 0 rings (SSSR count). The number of ether oxygens (including phenoxy) is 1. The van der Waals surface area contributed by atoms with Crippen molar-refractivity contribution in [1.82, 2.24) is 5.32 Å². The van der Waals surface area contributed by atoms with Gasteiger partial charge in [-0.15, -0.1) is 0 Å². The number of amides is 1. The van der Waals surface area contributed by atoms with Crippen LogP contribution in [0.2, 0.25) is 0 Å². The Bertz CT molecular complexity index is 206. The fourth-order valence-corrected chi connectivity index (χ4v) is 1.33. The Labute approximate surface area is 97.9 Å². The molecule has 0 aromatic rings. The van der Waals surface area contributed by atoms with E-state index in [0.29, 0.717) is 18.9 Å². The van der Waals surface area contributed by atoms with Gasteiger partial charge in [-0.25, -0.2) is 0 Å². The van der Waals surface area contributed by atoms with Gasteiger partial charge in [0.2, 0.25) is 5.91 Å². The van der Waals surface area contributed by atoms with Crippen molar-refractivity contribution in [3.05, 3.63) is 0 Å². The van der Waals surface area contributed by atoms with E-state index >= 15 is 0 Å². The smallest absolute Gasteiger partial charge is 0.320 e. The summed E-state index contributed by atoms with van der Waals surface area (Å²) in [6, 6.07) is 0. The van der Waals surface area contributed by atoms with Crippen molar-refractivity contribution in [2.45, 2.75) is 24.2 Å². The highest BCUT2D eigenvalue weighted by atomic mass is 127. The van der Waals surface area contributed by atoms with Crippen LogP contribution >= 0.6 is 22.6 Å². The quantitative estimate of drug-likeness (QED) is 0.470. The normalized spacial score (nSPS) is 12.4. The van der Waals surface area contributed by atoms with Crippen LogP contribution in [0.1, 0.15) is 20.3 Å². The third-order valence-corrected chi connectivity index (χ3v) is 2.48. The second-order valence-electron chi connectivity index (χ2n) is 3.39. The standard InChI is InChI=1S/C9H16INO3/c1-6(2)4-8(12)11-5-7(10)9(13)14-3/h6-7H,4-5H2,1-3H3,(H,11,12). The van der Waals surface area contributed by atoms with Gasteiger partial charge in [0.25, 0.3) is 0 Å². The fraction of sp³-hybridized carbons (Fsp3) is 0.778. The maximum Gasteiger partial charge on any atom is 0.320 e. The maximum absolute atomic E-state index is 11.2. The highest BCUT2D eigenvalue weighted by molar-refractivity contribution is 14.1. The second-order valence-corrected chi connectivity index (χ2v) is 4.90. The van der Waals surface area contributed by atoms with E-state index in [2.05, 4.69) is 10.1 Å². The number of hydrogen-bond acceptors (Lipinski definition) is 3. The van der Waals surface area contributed by atoms with E-state index < -0.39 is 0 Å². The number of rotatable bonds is 5. The Morgan fingerprint density at radius 2 is 2.00 bits per heavy atom. The monoisotopic (exact) mass is 313 g/mol. The van der Waals surface area contributed by atoms with Crippen LogP contribution < -0.4 is 5.32 Å². The second kappa shape index (κ2) is 7.03. The Morgan fingerprint density at radius 1 is 1.43 bits per heavy atom. The summed E-state index contributed by atoms with van der Waals surface area (Å²) in [6.07, 6.45) is 0.491. The Kier molecular flexibility index (Phi) is 6.86. The number of carbonyl (C=O) groups is 2. The van der Waals surface area contributed by atoms with Gasteiger partial charge in [0.1, 0.15) is 3.92 Å². The number of esters is 1. The van der Waals surface area contributed by atoms with E-state index in [1.54, 1.807) is 0 Å². The van der Waals surface area contributed by atoms with Gasteiger partial charge in [0.05, 0.1) is 7.11 Å². The van der Waals surface area contributed by atoms with Crippen LogP contribution in [0.4, 0.5) is 0 Å². The summed E-state index contributed by atoms with van der Waals surface area (Å²) < 4.78 is 4.22. The largest absolute Gasteiger partial charge is 0.468 e. The predicted molar refractivity (Wildman–Crippen MR) is 62.3 cm³/mol. The number of nitrogens with one attached hydrogen (secondary N) is 1. The van der Waals surface area contributed by atoms with Crippen LogP contribution in [-0.4, -0.2) is 29.5 Å². The van der Waals surface area contributed by atoms with Crippen molar-refractivity contribution in [2.24, 2.45) is 5.92 Å². The average Bonchev–Trinajstić information content (AvgIpc) is 2.11. The molecule has 0 aliphatic rings. The van der Waals surface area contributed by atoms with Gasteiger partial charge >= 0.3 is 5.97 Å². The van der Waals surface area contributed by atoms with Crippen molar-refractivity contribution >= 4 is 34.5 Å². The molecule has 14 heavy (non-hydrogen) atoms. The van der Waals surface area contributed by atoms with E-state index in [4.69, 9.17) is 0 Å². The highest BCUT2D eigenvalue weighted by Crippen LogP contribution is 2.02. The molecule has 0 aliphatic heterocycles. The van der Waals surface area contributed by atoms with Gasteiger partial charge in [0.15, 0.2) is 0 Å². The van der Waals surface area contributed by atoms with Crippen molar-refractivity contribution in [3.8, 4) is 0 Å². The lowest BCUT2D eigenvalue weighted by atomic mass is 10.1. The molecule has 0 saturated heterocycles. The number of methoxy groups -OCH3 is 1. The SMILES string of the molecule is COC(=O)C(I)CNC(=O)CC(C)C. The molecule has 0 radical (unpaired) electrons. The molecule has 1 N–H and O–H groups in total. The lowest BCUT2D eigenvalue weighted by Gasteiger charge is -2.10. The summed E-state index contributed by atoms with van der Waals surface area (Å²) in [5.74, 6) is 0.00167. The predicted octanol–water partition coefficient (Wildman–Crippen LogP) is 1.13. The topological polar surface area (TPSA) is 55.4 Å². The molecular formula is C9H16INO3. The van der Waals surface area contributed by atoms with Crippen LogP contribution in [0.15, 0.2) is 0 Å². The molecule has 0 fully saturated rings. The number of alkyl halides is 1. The molecule has 82 valence electrons. The zero-order chi connectivity index (χ0) is 11.1. The Morgan fingerprint density at radius 3 is 2.43 bits per heavy atom. The molecule has 4 nitrogen and oxygen atoms in total. The highest BCUT2D eigenvalue weighted by Gasteiger charge is 2.15. The van der Waals surface area contributed by atoms with Gasteiger partial charge in [-0.2, -0.15) is 0 Å². The van der Waals surface area contributed by atoms with E-state index in [0.717, 1.165) is 0 Å². The maximum atomic E-state index is 11.2.